The Morgan fingerprint density at radius 1 is 1.50 bits per heavy atom. The zero-order valence-corrected chi connectivity index (χ0v) is 6.46. The van der Waals surface area contributed by atoms with E-state index in [0.29, 0.717) is 0 Å². The Bertz CT molecular complexity index is 110. The molecule has 0 rings (SSSR count). The monoisotopic (exact) mass is 144 g/mol. The van der Waals surface area contributed by atoms with Crippen LogP contribution in [-0.2, 0) is 4.79 Å². The lowest BCUT2D eigenvalue weighted by atomic mass is 9.95. The topological polar surface area (TPSA) is 66.2 Å². The third kappa shape index (κ3) is 2.35. The molecule has 3 nitrogen and oxygen atoms in total. The maximum atomic E-state index is 10.2. The molecule has 10 heavy (non-hydrogen) atoms. The zero-order valence-electron chi connectivity index (χ0n) is 6.46. The molecular formula is C7H14NO2-. The van der Waals surface area contributed by atoms with E-state index in [4.69, 9.17) is 5.73 Å². The molecule has 0 radical (unpaired) electrons. The summed E-state index contributed by atoms with van der Waals surface area (Å²) in [6, 6.07) is -0.796. The molecule has 60 valence electrons. The molecule has 0 spiro atoms. The Hall–Kier alpha value is -0.570. The van der Waals surface area contributed by atoms with E-state index in [1.54, 1.807) is 0 Å². The Balaban J connectivity index is 3.88. The molecule has 0 aliphatic carbocycles. The number of carboxylic acid groups (broad SMARTS) is 1. The number of rotatable bonds is 4. The van der Waals surface area contributed by atoms with Gasteiger partial charge < -0.3 is 15.6 Å². The highest BCUT2D eigenvalue weighted by Gasteiger charge is 2.13. The van der Waals surface area contributed by atoms with E-state index in [2.05, 4.69) is 0 Å². The van der Waals surface area contributed by atoms with Crippen molar-refractivity contribution in [2.45, 2.75) is 32.7 Å². The quantitative estimate of drug-likeness (QED) is 0.578. The minimum absolute atomic E-state index is 0.0602. The van der Waals surface area contributed by atoms with Gasteiger partial charge >= 0.3 is 0 Å². The van der Waals surface area contributed by atoms with Crippen molar-refractivity contribution in [3.05, 3.63) is 0 Å². The van der Waals surface area contributed by atoms with E-state index in [9.17, 15) is 9.90 Å². The van der Waals surface area contributed by atoms with Gasteiger partial charge in [-0.15, -0.1) is 0 Å². The largest absolute Gasteiger partial charge is 0.548 e. The van der Waals surface area contributed by atoms with Crippen LogP contribution in [-0.4, -0.2) is 12.0 Å². The molecule has 3 heteroatoms. The number of hydrogen-bond acceptors (Lipinski definition) is 3. The third-order valence-corrected chi connectivity index (χ3v) is 1.83. The lowest BCUT2D eigenvalue weighted by Crippen LogP contribution is -2.46. The minimum Gasteiger partial charge on any atom is -0.548 e. The van der Waals surface area contributed by atoms with Gasteiger partial charge in [-0.05, 0) is 5.92 Å². The molecule has 0 aromatic rings. The van der Waals surface area contributed by atoms with Gasteiger partial charge in [-0.1, -0.05) is 26.7 Å². The van der Waals surface area contributed by atoms with Crippen molar-refractivity contribution in [2.24, 2.45) is 11.7 Å². The summed E-state index contributed by atoms with van der Waals surface area (Å²) in [5, 5.41) is 10.2. The molecule has 1 atom stereocenters. The van der Waals surface area contributed by atoms with Gasteiger partial charge in [0.15, 0.2) is 0 Å². The van der Waals surface area contributed by atoms with Gasteiger partial charge in [0.2, 0.25) is 0 Å². The Kier molecular flexibility index (Phi) is 4.03. The first-order valence-corrected chi connectivity index (χ1v) is 3.59. The van der Waals surface area contributed by atoms with Crippen LogP contribution in [0.15, 0.2) is 0 Å². The second-order valence-corrected chi connectivity index (χ2v) is 2.42. The van der Waals surface area contributed by atoms with Crippen LogP contribution in [0.1, 0.15) is 26.7 Å². The summed E-state index contributed by atoms with van der Waals surface area (Å²) >= 11 is 0. The van der Waals surface area contributed by atoms with Crippen LogP contribution in [0.4, 0.5) is 0 Å². The molecule has 0 aromatic heterocycles. The molecule has 0 heterocycles. The first-order valence-electron chi connectivity index (χ1n) is 3.59. The van der Waals surface area contributed by atoms with Crippen molar-refractivity contribution >= 4 is 5.97 Å². The summed E-state index contributed by atoms with van der Waals surface area (Å²) in [6.45, 7) is 3.86. The van der Waals surface area contributed by atoms with Crippen molar-refractivity contribution in [1.82, 2.24) is 0 Å². The molecule has 0 saturated heterocycles. The number of nitrogens with two attached hydrogens (primary N) is 1. The Morgan fingerprint density at radius 2 is 1.90 bits per heavy atom. The summed E-state index contributed by atoms with van der Waals surface area (Å²) < 4.78 is 0. The van der Waals surface area contributed by atoms with E-state index in [-0.39, 0.29) is 5.92 Å². The van der Waals surface area contributed by atoms with Gasteiger partial charge in [0, 0.05) is 6.04 Å². The van der Waals surface area contributed by atoms with Gasteiger partial charge in [-0.3, -0.25) is 0 Å². The van der Waals surface area contributed by atoms with Gasteiger partial charge in [0.25, 0.3) is 0 Å². The van der Waals surface area contributed by atoms with E-state index >= 15 is 0 Å². The lowest BCUT2D eigenvalue weighted by Gasteiger charge is -2.21. The molecule has 0 aliphatic heterocycles. The van der Waals surface area contributed by atoms with Gasteiger partial charge in [-0.25, -0.2) is 0 Å². The van der Waals surface area contributed by atoms with Gasteiger partial charge in [-0.2, -0.15) is 0 Å². The van der Waals surface area contributed by atoms with E-state index in [0.717, 1.165) is 12.8 Å². The van der Waals surface area contributed by atoms with E-state index in [1.807, 2.05) is 13.8 Å². The van der Waals surface area contributed by atoms with Crippen molar-refractivity contribution < 1.29 is 9.90 Å². The molecule has 2 N–H and O–H groups in total. The van der Waals surface area contributed by atoms with Crippen molar-refractivity contribution in [3.63, 3.8) is 0 Å². The second-order valence-electron chi connectivity index (χ2n) is 2.42. The fraction of sp³-hybridized carbons (Fsp3) is 0.857. The van der Waals surface area contributed by atoms with Crippen LogP contribution in [0.3, 0.4) is 0 Å². The first-order chi connectivity index (χ1) is 4.63. The predicted molar refractivity (Wildman–Crippen MR) is 37.1 cm³/mol. The van der Waals surface area contributed by atoms with Crippen molar-refractivity contribution in [3.8, 4) is 0 Å². The van der Waals surface area contributed by atoms with Gasteiger partial charge in [0.1, 0.15) is 0 Å². The first kappa shape index (κ1) is 9.43. The molecule has 0 aliphatic rings. The zero-order chi connectivity index (χ0) is 8.15. The lowest BCUT2D eigenvalue weighted by molar-refractivity contribution is -0.308. The number of carbonyl (C=O) groups excluding carboxylic acids is 1. The normalized spacial score (nSPS) is 13.6. The number of carbonyl (C=O) groups is 1. The van der Waals surface area contributed by atoms with E-state index in [1.165, 1.54) is 0 Å². The van der Waals surface area contributed by atoms with Crippen LogP contribution < -0.4 is 10.8 Å². The fourth-order valence-corrected chi connectivity index (χ4v) is 0.989. The number of hydrogen-bond donors (Lipinski definition) is 1. The smallest absolute Gasteiger partial charge is 0.0584 e. The third-order valence-electron chi connectivity index (χ3n) is 1.83. The summed E-state index contributed by atoms with van der Waals surface area (Å²) in [7, 11) is 0. The Morgan fingerprint density at radius 3 is 2.00 bits per heavy atom. The average molecular weight is 144 g/mol. The van der Waals surface area contributed by atoms with Crippen molar-refractivity contribution in [2.75, 3.05) is 0 Å². The summed E-state index contributed by atoms with van der Waals surface area (Å²) in [6.07, 6.45) is 1.59. The Labute approximate surface area is 61.2 Å². The van der Waals surface area contributed by atoms with Gasteiger partial charge in [0.05, 0.1) is 5.97 Å². The van der Waals surface area contributed by atoms with Crippen LogP contribution >= 0.6 is 0 Å². The highest BCUT2D eigenvalue weighted by Crippen LogP contribution is 2.10. The minimum atomic E-state index is -1.14. The molecule has 0 unspecified atom stereocenters. The SMILES string of the molecule is CCC(CC)[C@H](N)C(=O)[O-]. The second kappa shape index (κ2) is 4.28. The molecule has 0 aromatic carbocycles. The highest BCUT2D eigenvalue weighted by molar-refractivity contribution is 5.71. The van der Waals surface area contributed by atoms with Crippen LogP contribution in [0.5, 0.6) is 0 Å². The molecule has 0 saturated carbocycles. The molecule has 0 fully saturated rings. The highest BCUT2D eigenvalue weighted by atomic mass is 16.4. The summed E-state index contributed by atoms with van der Waals surface area (Å²) in [4.78, 5) is 10.2. The fourth-order valence-electron chi connectivity index (χ4n) is 0.989. The van der Waals surface area contributed by atoms with Crippen LogP contribution in [0.25, 0.3) is 0 Å². The maximum Gasteiger partial charge on any atom is 0.0584 e. The average Bonchev–Trinajstić information content (AvgIpc) is 1.90. The van der Waals surface area contributed by atoms with E-state index < -0.39 is 12.0 Å². The number of aliphatic carboxylic acids is 1. The van der Waals surface area contributed by atoms with Crippen LogP contribution in [0.2, 0.25) is 0 Å². The predicted octanol–water partition coefficient (Wildman–Crippen LogP) is -0.500. The van der Waals surface area contributed by atoms with Crippen LogP contribution in [0, 0.1) is 5.92 Å². The molecule has 0 bridgehead atoms. The molecular weight excluding hydrogens is 130 g/mol. The van der Waals surface area contributed by atoms with Crippen molar-refractivity contribution in [1.29, 1.82) is 0 Å². The number of carboxylic acids is 1. The standard InChI is InChI=1S/C7H15NO2/c1-3-5(4-2)6(8)7(9)10/h5-6H,3-4,8H2,1-2H3,(H,9,10)/p-1/t6-/m0/s1. The summed E-state index contributed by atoms with van der Waals surface area (Å²) in [5.74, 6) is -1.08. The summed E-state index contributed by atoms with van der Waals surface area (Å²) in [5.41, 5.74) is 5.32. The molecule has 0 amide bonds. The maximum absolute atomic E-state index is 10.2.